The molecule has 1 aliphatic heterocycles. The summed E-state index contributed by atoms with van der Waals surface area (Å²) in [6.45, 7) is 3.44. The van der Waals surface area contributed by atoms with Gasteiger partial charge in [-0.25, -0.2) is 17.5 Å². The maximum absolute atomic E-state index is 13.5. The molecule has 0 bridgehead atoms. The lowest BCUT2D eigenvalue weighted by Crippen LogP contribution is -2.27. The van der Waals surface area contributed by atoms with E-state index in [0.29, 0.717) is 12.5 Å². The Hall–Kier alpha value is -1.51. The molecule has 1 unspecified atom stereocenters. The van der Waals surface area contributed by atoms with Crippen LogP contribution in [-0.4, -0.2) is 34.0 Å². The van der Waals surface area contributed by atoms with Gasteiger partial charge in [0.1, 0.15) is 5.82 Å². The highest BCUT2D eigenvalue weighted by Crippen LogP contribution is 2.20. The average molecular weight is 329 g/mol. The van der Waals surface area contributed by atoms with Gasteiger partial charge in [0.15, 0.2) is 0 Å². The average Bonchev–Trinajstić information content (AvgIpc) is 2.93. The van der Waals surface area contributed by atoms with E-state index in [2.05, 4.69) is 15.4 Å². The summed E-state index contributed by atoms with van der Waals surface area (Å²) in [5.74, 6) is -0.660. The van der Waals surface area contributed by atoms with Gasteiger partial charge in [0.2, 0.25) is 15.9 Å². The van der Waals surface area contributed by atoms with Crippen molar-refractivity contribution in [1.82, 2.24) is 10.0 Å². The first-order valence-corrected chi connectivity index (χ1v) is 8.64. The Morgan fingerprint density at radius 3 is 2.86 bits per heavy atom. The minimum absolute atomic E-state index is 0.0674. The van der Waals surface area contributed by atoms with Crippen LogP contribution >= 0.6 is 0 Å². The van der Waals surface area contributed by atoms with Crippen LogP contribution < -0.4 is 15.4 Å². The lowest BCUT2D eigenvalue weighted by atomic mass is 10.1. The van der Waals surface area contributed by atoms with Crippen LogP contribution in [0, 0.1) is 11.7 Å². The van der Waals surface area contributed by atoms with E-state index in [1.54, 1.807) is 0 Å². The van der Waals surface area contributed by atoms with Crippen molar-refractivity contribution in [3.05, 3.63) is 24.0 Å². The molecule has 1 heterocycles. The zero-order valence-electron chi connectivity index (χ0n) is 12.4. The number of nitrogens with one attached hydrogen (secondary N) is 3. The molecule has 122 valence electrons. The van der Waals surface area contributed by atoms with E-state index < -0.39 is 21.7 Å². The van der Waals surface area contributed by atoms with Gasteiger partial charge >= 0.3 is 0 Å². The summed E-state index contributed by atoms with van der Waals surface area (Å²) >= 11 is 0. The highest BCUT2D eigenvalue weighted by Gasteiger charge is 2.19. The van der Waals surface area contributed by atoms with E-state index in [0.717, 1.165) is 38.1 Å². The quantitative estimate of drug-likeness (QED) is 0.728. The van der Waals surface area contributed by atoms with Gasteiger partial charge in [0, 0.05) is 13.5 Å². The number of carbonyl (C=O) groups excluding carboxylic acids is 1. The molecule has 0 saturated carbocycles. The van der Waals surface area contributed by atoms with E-state index in [4.69, 9.17) is 0 Å². The van der Waals surface area contributed by atoms with E-state index >= 15 is 0 Å². The summed E-state index contributed by atoms with van der Waals surface area (Å²) < 4.78 is 40.4. The predicted molar refractivity (Wildman–Crippen MR) is 81.5 cm³/mol. The predicted octanol–water partition coefficient (Wildman–Crippen LogP) is 1.06. The number of halogens is 1. The Morgan fingerprint density at radius 1 is 1.45 bits per heavy atom. The zero-order valence-corrected chi connectivity index (χ0v) is 13.2. The number of hydrogen-bond donors (Lipinski definition) is 3. The molecule has 1 fully saturated rings. The van der Waals surface area contributed by atoms with Crippen molar-refractivity contribution in [2.45, 2.75) is 24.7 Å². The molecule has 0 radical (unpaired) electrons. The lowest BCUT2D eigenvalue weighted by Gasteiger charge is -2.11. The Balaban J connectivity index is 2.03. The third kappa shape index (κ3) is 4.49. The summed E-state index contributed by atoms with van der Waals surface area (Å²) in [5.41, 5.74) is -0.143. The van der Waals surface area contributed by atoms with Crippen LogP contribution in [0.4, 0.5) is 10.1 Å². The second kappa shape index (κ2) is 7.17. The van der Waals surface area contributed by atoms with E-state index in [1.165, 1.54) is 13.0 Å². The highest BCUT2D eigenvalue weighted by molar-refractivity contribution is 7.89. The van der Waals surface area contributed by atoms with Gasteiger partial charge in [-0.1, -0.05) is 0 Å². The molecule has 22 heavy (non-hydrogen) atoms. The smallest absolute Gasteiger partial charge is 0.240 e. The molecule has 1 saturated heterocycles. The maximum Gasteiger partial charge on any atom is 0.240 e. The molecule has 1 aromatic carbocycles. The molecule has 1 aliphatic rings. The molecule has 3 N–H and O–H groups in total. The summed E-state index contributed by atoms with van der Waals surface area (Å²) in [5, 5.41) is 5.50. The number of sulfonamides is 1. The van der Waals surface area contributed by atoms with Gasteiger partial charge in [0.05, 0.1) is 10.6 Å². The highest BCUT2D eigenvalue weighted by atomic mass is 32.2. The standard InChI is InChI=1S/C14H20FN3O3S/c1-10(19)18-14-8-12(2-3-13(14)15)22(20,21)17-7-5-11-4-6-16-9-11/h2-3,8,11,16-17H,4-7,9H2,1H3,(H,18,19). The first-order chi connectivity index (χ1) is 10.4. The first kappa shape index (κ1) is 16.9. The van der Waals surface area contributed by atoms with Crippen LogP contribution in [0.15, 0.2) is 23.1 Å². The molecule has 0 spiro atoms. The van der Waals surface area contributed by atoms with Crippen molar-refractivity contribution in [3.63, 3.8) is 0 Å². The van der Waals surface area contributed by atoms with Crippen LogP contribution in [0.3, 0.4) is 0 Å². The summed E-state index contributed by atoms with van der Waals surface area (Å²) in [6, 6.07) is 3.33. The number of rotatable bonds is 6. The molecular weight excluding hydrogens is 309 g/mol. The minimum Gasteiger partial charge on any atom is -0.324 e. The molecular formula is C14H20FN3O3S. The molecule has 1 aromatic rings. The normalized spacial score (nSPS) is 18.4. The molecule has 2 rings (SSSR count). The largest absolute Gasteiger partial charge is 0.324 e. The van der Waals surface area contributed by atoms with Crippen molar-refractivity contribution in [3.8, 4) is 0 Å². The SMILES string of the molecule is CC(=O)Nc1cc(S(=O)(=O)NCCC2CCNC2)ccc1F. The molecule has 1 atom stereocenters. The Morgan fingerprint density at radius 2 is 2.23 bits per heavy atom. The fourth-order valence-corrected chi connectivity index (χ4v) is 3.47. The topological polar surface area (TPSA) is 87.3 Å². The van der Waals surface area contributed by atoms with Gasteiger partial charge in [-0.15, -0.1) is 0 Å². The van der Waals surface area contributed by atoms with Crippen LogP contribution in [0.2, 0.25) is 0 Å². The first-order valence-electron chi connectivity index (χ1n) is 7.16. The Kier molecular flexibility index (Phi) is 5.49. The number of hydrogen-bond acceptors (Lipinski definition) is 4. The number of anilines is 1. The van der Waals surface area contributed by atoms with Crippen molar-refractivity contribution in [1.29, 1.82) is 0 Å². The monoisotopic (exact) mass is 329 g/mol. The third-order valence-corrected chi connectivity index (χ3v) is 5.02. The van der Waals surface area contributed by atoms with Crippen molar-refractivity contribution in [2.24, 2.45) is 5.92 Å². The van der Waals surface area contributed by atoms with Crippen molar-refractivity contribution in [2.75, 3.05) is 25.0 Å². The molecule has 6 nitrogen and oxygen atoms in total. The van der Waals surface area contributed by atoms with E-state index in [1.807, 2.05) is 0 Å². The number of carbonyl (C=O) groups is 1. The van der Waals surface area contributed by atoms with Gasteiger partial charge in [-0.2, -0.15) is 0 Å². The second-order valence-electron chi connectivity index (χ2n) is 5.37. The molecule has 0 aromatic heterocycles. The minimum atomic E-state index is -3.72. The lowest BCUT2D eigenvalue weighted by molar-refractivity contribution is -0.114. The summed E-state index contributed by atoms with van der Waals surface area (Å²) in [4.78, 5) is 10.9. The zero-order chi connectivity index (χ0) is 16.2. The van der Waals surface area contributed by atoms with Crippen LogP contribution in [0.5, 0.6) is 0 Å². The third-order valence-electron chi connectivity index (χ3n) is 3.57. The molecule has 1 amide bonds. The van der Waals surface area contributed by atoms with Gasteiger partial charge in [-0.3, -0.25) is 4.79 Å². The number of amides is 1. The van der Waals surface area contributed by atoms with Gasteiger partial charge in [-0.05, 0) is 50.0 Å². The van der Waals surface area contributed by atoms with E-state index in [-0.39, 0.29) is 10.6 Å². The second-order valence-corrected chi connectivity index (χ2v) is 7.14. The Labute approximate surface area is 129 Å². The fourth-order valence-electron chi connectivity index (χ4n) is 2.40. The van der Waals surface area contributed by atoms with E-state index in [9.17, 15) is 17.6 Å². The molecule has 8 heteroatoms. The fraction of sp³-hybridized carbons (Fsp3) is 0.500. The van der Waals surface area contributed by atoms with Gasteiger partial charge in [0.25, 0.3) is 0 Å². The van der Waals surface area contributed by atoms with Gasteiger partial charge < -0.3 is 10.6 Å². The van der Waals surface area contributed by atoms with Crippen LogP contribution in [-0.2, 0) is 14.8 Å². The van der Waals surface area contributed by atoms with Crippen LogP contribution in [0.25, 0.3) is 0 Å². The number of benzene rings is 1. The summed E-state index contributed by atoms with van der Waals surface area (Å²) in [6.07, 6.45) is 1.80. The summed E-state index contributed by atoms with van der Waals surface area (Å²) in [7, 11) is -3.72. The van der Waals surface area contributed by atoms with Crippen molar-refractivity contribution < 1.29 is 17.6 Å². The Bertz CT molecular complexity index is 643. The maximum atomic E-state index is 13.5. The van der Waals surface area contributed by atoms with Crippen LogP contribution in [0.1, 0.15) is 19.8 Å². The van der Waals surface area contributed by atoms with Crippen molar-refractivity contribution >= 4 is 21.6 Å². The molecule has 0 aliphatic carbocycles.